The van der Waals surface area contributed by atoms with E-state index in [1.807, 2.05) is 0 Å². The number of carbonyl (C=O) groups is 2. The van der Waals surface area contributed by atoms with E-state index < -0.39 is 11.8 Å². The van der Waals surface area contributed by atoms with Gasteiger partial charge in [0.15, 0.2) is 13.1 Å². The molecule has 3 aromatic rings. The molecule has 0 radical (unpaired) electrons. The van der Waals surface area contributed by atoms with Crippen molar-refractivity contribution in [2.24, 2.45) is 0 Å². The second-order valence-corrected chi connectivity index (χ2v) is 7.40. The third-order valence-corrected chi connectivity index (χ3v) is 4.97. The molecule has 31 heavy (non-hydrogen) atoms. The molecule has 2 aromatic carbocycles. The zero-order valence-corrected chi connectivity index (χ0v) is 17.5. The first-order chi connectivity index (χ1) is 14.7. The van der Waals surface area contributed by atoms with Crippen molar-refractivity contribution in [2.75, 3.05) is 21.6 Å². The van der Waals surface area contributed by atoms with Gasteiger partial charge in [-0.3, -0.25) is 20.0 Å². The average Bonchev–Trinajstić information content (AvgIpc) is 3.17. The van der Waals surface area contributed by atoms with Crippen LogP contribution in [0.2, 0.25) is 10.0 Å². The Balaban J connectivity index is 1.62. The van der Waals surface area contributed by atoms with Gasteiger partial charge in [-0.2, -0.15) is 10.1 Å². The maximum absolute atomic E-state index is 12.3. The quantitative estimate of drug-likeness (QED) is 0.190. The summed E-state index contributed by atoms with van der Waals surface area (Å²) in [6, 6.07) is 8.57. The van der Waals surface area contributed by atoms with Crippen LogP contribution >= 0.6 is 23.2 Å². The molecule has 0 aliphatic heterocycles. The fraction of sp³-hybridized carbons (Fsp3) is 0.105. The Morgan fingerprint density at radius 3 is 1.97 bits per heavy atom. The number of anilines is 4. The predicted molar refractivity (Wildman–Crippen MR) is 115 cm³/mol. The SMILES string of the molecule is Nc1ccc(N(O)C(=O)Cn2cc[n+](CC(=O)N(O)c3ccc(N)c(Cl)c3)c2)cc1Cl. The summed E-state index contributed by atoms with van der Waals surface area (Å²) in [5.74, 6) is -1.29. The number of nitrogen functional groups attached to an aromatic ring is 2. The molecule has 0 fully saturated rings. The Morgan fingerprint density at radius 2 is 1.45 bits per heavy atom. The maximum Gasteiger partial charge on any atom is 0.292 e. The fourth-order valence-electron chi connectivity index (χ4n) is 2.66. The second kappa shape index (κ2) is 9.23. The third-order valence-electron chi connectivity index (χ3n) is 4.31. The molecule has 1 heterocycles. The van der Waals surface area contributed by atoms with Crippen LogP contribution in [0.5, 0.6) is 0 Å². The lowest BCUT2D eigenvalue weighted by molar-refractivity contribution is -0.683. The summed E-state index contributed by atoms with van der Waals surface area (Å²) in [7, 11) is 0. The van der Waals surface area contributed by atoms with Crippen LogP contribution in [0.15, 0.2) is 55.1 Å². The van der Waals surface area contributed by atoms with E-state index in [4.69, 9.17) is 34.7 Å². The zero-order chi connectivity index (χ0) is 22.7. The molecule has 2 amide bonds. The highest BCUT2D eigenvalue weighted by molar-refractivity contribution is 6.33. The smallest absolute Gasteiger partial charge is 0.292 e. The minimum Gasteiger partial charge on any atom is -0.398 e. The van der Waals surface area contributed by atoms with Crippen molar-refractivity contribution in [3.63, 3.8) is 0 Å². The summed E-state index contributed by atoms with van der Waals surface area (Å²) in [5.41, 5.74) is 12.2. The number of imidazole rings is 1. The van der Waals surface area contributed by atoms with Gasteiger partial charge in [-0.15, -0.1) is 0 Å². The highest BCUT2D eigenvalue weighted by Gasteiger charge is 2.21. The minimum atomic E-state index is -0.643. The van der Waals surface area contributed by atoms with E-state index in [2.05, 4.69) is 0 Å². The Bertz CT molecular complexity index is 1050. The first-order valence-electron chi connectivity index (χ1n) is 8.84. The van der Waals surface area contributed by atoms with E-state index in [1.165, 1.54) is 64.3 Å². The number of hydrogen-bond donors (Lipinski definition) is 4. The van der Waals surface area contributed by atoms with E-state index in [-0.39, 0.29) is 34.5 Å². The highest BCUT2D eigenvalue weighted by Crippen LogP contribution is 2.25. The van der Waals surface area contributed by atoms with Crippen LogP contribution in [0.25, 0.3) is 0 Å². The molecule has 0 aliphatic rings. The molecule has 10 nitrogen and oxygen atoms in total. The summed E-state index contributed by atoms with van der Waals surface area (Å²) in [6.45, 7) is -0.424. The lowest BCUT2D eigenvalue weighted by Crippen LogP contribution is -2.42. The van der Waals surface area contributed by atoms with E-state index in [0.29, 0.717) is 21.5 Å². The minimum absolute atomic E-state index is 0.164. The molecule has 1 aromatic heterocycles. The van der Waals surface area contributed by atoms with Gasteiger partial charge >= 0.3 is 0 Å². The van der Waals surface area contributed by atoms with Crippen LogP contribution in [-0.4, -0.2) is 26.8 Å². The van der Waals surface area contributed by atoms with E-state index in [0.717, 1.165) is 0 Å². The lowest BCUT2D eigenvalue weighted by atomic mass is 10.3. The van der Waals surface area contributed by atoms with E-state index >= 15 is 0 Å². The molecule has 3 rings (SSSR count). The van der Waals surface area contributed by atoms with Gasteiger partial charge in [0.05, 0.1) is 32.8 Å². The Kier molecular flexibility index (Phi) is 6.66. The van der Waals surface area contributed by atoms with Crippen molar-refractivity contribution in [2.45, 2.75) is 13.1 Å². The molecule has 162 valence electrons. The summed E-state index contributed by atoms with van der Waals surface area (Å²) >= 11 is 11.8. The van der Waals surface area contributed by atoms with Gasteiger partial charge in [-0.25, -0.2) is 9.13 Å². The molecule has 0 spiro atoms. The third kappa shape index (κ3) is 5.25. The monoisotopic (exact) mass is 465 g/mol. The Labute approximate surface area is 186 Å². The molecule has 12 heteroatoms. The molecule has 0 saturated heterocycles. The summed E-state index contributed by atoms with van der Waals surface area (Å²) in [4.78, 5) is 24.7. The standard InChI is InChI=1S/C19H19Cl2N6O4/c20-14-7-12(1-3-16(14)22)26(30)18(28)9-24-5-6-25(11-24)10-19(29)27(31)13-2-4-17(23)15(21)8-13/h1-8,11,30-31H,9-10,22-23H2/q+1. The van der Waals surface area contributed by atoms with Gasteiger partial charge in [0, 0.05) is 0 Å². The van der Waals surface area contributed by atoms with Crippen LogP contribution in [0.4, 0.5) is 22.7 Å². The van der Waals surface area contributed by atoms with Gasteiger partial charge in [0.25, 0.3) is 11.8 Å². The fourth-order valence-corrected chi connectivity index (χ4v) is 3.01. The lowest BCUT2D eigenvalue weighted by Gasteiger charge is -2.15. The van der Waals surface area contributed by atoms with Crippen LogP contribution in [-0.2, 0) is 22.7 Å². The Hall–Kier alpha value is -3.31. The number of nitrogens with two attached hydrogens (primary N) is 2. The number of benzene rings is 2. The van der Waals surface area contributed by atoms with Crippen molar-refractivity contribution in [3.8, 4) is 0 Å². The first kappa shape index (κ1) is 22.4. The number of rotatable bonds is 6. The largest absolute Gasteiger partial charge is 0.398 e. The topological polar surface area (TPSA) is 142 Å². The van der Waals surface area contributed by atoms with E-state index in [1.54, 1.807) is 0 Å². The summed E-state index contributed by atoms with van der Waals surface area (Å²) in [5, 5.41) is 21.5. The molecule has 6 N–H and O–H groups in total. The second-order valence-electron chi connectivity index (χ2n) is 6.58. The van der Waals surface area contributed by atoms with Gasteiger partial charge < -0.3 is 11.5 Å². The number of amides is 2. The zero-order valence-electron chi connectivity index (χ0n) is 16.0. The normalized spacial score (nSPS) is 10.7. The van der Waals surface area contributed by atoms with Gasteiger partial charge in [0.2, 0.25) is 6.33 Å². The van der Waals surface area contributed by atoms with Crippen LogP contribution < -0.4 is 26.2 Å². The molecular formula is C19H19Cl2N6O4+. The van der Waals surface area contributed by atoms with Gasteiger partial charge in [-0.1, -0.05) is 23.2 Å². The van der Waals surface area contributed by atoms with E-state index in [9.17, 15) is 20.0 Å². The molecule has 0 bridgehead atoms. The van der Waals surface area contributed by atoms with Crippen molar-refractivity contribution in [1.29, 1.82) is 0 Å². The van der Waals surface area contributed by atoms with Crippen LogP contribution in [0.1, 0.15) is 0 Å². The van der Waals surface area contributed by atoms with Crippen LogP contribution in [0, 0.1) is 0 Å². The Morgan fingerprint density at radius 1 is 0.935 bits per heavy atom. The number of aromatic nitrogens is 2. The summed E-state index contributed by atoms with van der Waals surface area (Å²) < 4.78 is 2.92. The number of halogens is 2. The maximum atomic E-state index is 12.3. The first-order valence-corrected chi connectivity index (χ1v) is 9.60. The molecular weight excluding hydrogens is 447 g/mol. The number of hydroxylamine groups is 2. The molecule has 0 saturated carbocycles. The summed E-state index contributed by atoms with van der Waals surface area (Å²) in [6.07, 6.45) is 4.55. The van der Waals surface area contributed by atoms with Crippen molar-refractivity contribution in [1.82, 2.24) is 4.57 Å². The number of carbonyl (C=O) groups excluding carboxylic acids is 2. The van der Waals surface area contributed by atoms with Crippen molar-refractivity contribution in [3.05, 3.63) is 65.2 Å². The molecule has 0 atom stereocenters. The number of nitrogens with zero attached hydrogens (tertiary/aromatic N) is 4. The van der Waals surface area contributed by atoms with Gasteiger partial charge in [0.1, 0.15) is 12.4 Å². The molecule has 0 unspecified atom stereocenters. The van der Waals surface area contributed by atoms with Crippen LogP contribution in [0.3, 0.4) is 0 Å². The van der Waals surface area contributed by atoms with Crippen molar-refractivity contribution >= 4 is 57.8 Å². The highest BCUT2D eigenvalue weighted by atomic mass is 35.5. The number of hydrogen-bond acceptors (Lipinski definition) is 6. The average molecular weight is 466 g/mol. The molecule has 0 aliphatic carbocycles. The predicted octanol–water partition coefficient (Wildman–Crippen LogP) is 2.09. The van der Waals surface area contributed by atoms with Gasteiger partial charge in [-0.05, 0) is 36.4 Å². The van der Waals surface area contributed by atoms with Crippen molar-refractivity contribution < 1.29 is 24.6 Å².